The van der Waals surface area contributed by atoms with Crippen LogP contribution in [0.4, 0.5) is 0 Å². The summed E-state index contributed by atoms with van der Waals surface area (Å²) in [6.07, 6.45) is 2.80. The molecular weight excluding hydrogens is 298 g/mol. The molecular formula is C13H18BrNO3. The Morgan fingerprint density at radius 3 is 2.83 bits per heavy atom. The van der Waals surface area contributed by atoms with Crippen molar-refractivity contribution in [3.05, 3.63) is 22.6 Å². The molecule has 18 heavy (non-hydrogen) atoms. The number of hydrogen-bond acceptors (Lipinski definition) is 4. The third-order valence-electron chi connectivity index (χ3n) is 3.57. The minimum Gasteiger partial charge on any atom is -0.453 e. The fourth-order valence-corrected chi connectivity index (χ4v) is 2.99. The number of morpholine rings is 1. The first-order chi connectivity index (χ1) is 8.81. The van der Waals surface area contributed by atoms with E-state index in [0.29, 0.717) is 0 Å². The van der Waals surface area contributed by atoms with Crippen molar-refractivity contribution in [1.82, 2.24) is 4.90 Å². The summed E-state index contributed by atoms with van der Waals surface area (Å²) in [7, 11) is 0. The zero-order valence-electron chi connectivity index (χ0n) is 10.3. The first-order valence-corrected chi connectivity index (χ1v) is 7.30. The molecule has 0 aliphatic carbocycles. The molecule has 0 bridgehead atoms. The molecule has 2 aliphatic rings. The van der Waals surface area contributed by atoms with Crippen molar-refractivity contribution >= 4 is 15.9 Å². The molecule has 1 aromatic heterocycles. The molecule has 2 fully saturated rings. The summed E-state index contributed by atoms with van der Waals surface area (Å²) < 4.78 is 17.9. The van der Waals surface area contributed by atoms with Crippen LogP contribution in [0.2, 0.25) is 0 Å². The Morgan fingerprint density at radius 2 is 2.11 bits per heavy atom. The van der Waals surface area contributed by atoms with E-state index in [0.717, 1.165) is 56.1 Å². The molecule has 5 heteroatoms. The van der Waals surface area contributed by atoms with E-state index in [4.69, 9.17) is 13.9 Å². The zero-order valence-corrected chi connectivity index (χ0v) is 11.9. The largest absolute Gasteiger partial charge is 0.453 e. The second-order valence-electron chi connectivity index (χ2n) is 4.90. The van der Waals surface area contributed by atoms with Crippen LogP contribution in [0, 0.1) is 0 Å². The first kappa shape index (κ1) is 12.7. The second-order valence-corrected chi connectivity index (χ2v) is 5.68. The molecule has 0 aromatic carbocycles. The van der Waals surface area contributed by atoms with E-state index in [1.165, 1.54) is 0 Å². The van der Waals surface area contributed by atoms with Crippen LogP contribution in [0.5, 0.6) is 0 Å². The maximum absolute atomic E-state index is 5.83. The summed E-state index contributed by atoms with van der Waals surface area (Å²) in [4.78, 5) is 2.38. The molecule has 1 aromatic rings. The van der Waals surface area contributed by atoms with Gasteiger partial charge in [-0.05, 0) is 40.9 Å². The summed E-state index contributed by atoms with van der Waals surface area (Å²) in [5.41, 5.74) is 0. The van der Waals surface area contributed by atoms with Gasteiger partial charge in [-0.2, -0.15) is 0 Å². The Bertz CT molecular complexity index is 389. The lowest BCUT2D eigenvalue weighted by Crippen LogP contribution is -2.47. The van der Waals surface area contributed by atoms with Gasteiger partial charge in [-0.15, -0.1) is 0 Å². The molecule has 4 nitrogen and oxygen atoms in total. The fraction of sp³-hybridized carbons (Fsp3) is 0.692. The molecule has 3 heterocycles. The number of furan rings is 1. The van der Waals surface area contributed by atoms with Crippen molar-refractivity contribution < 1.29 is 13.9 Å². The maximum Gasteiger partial charge on any atom is 0.169 e. The van der Waals surface area contributed by atoms with Gasteiger partial charge in [0.25, 0.3) is 0 Å². The Hall–Kier alpha value is -0.360. The Morgan fingerprint density at radius 1 is 1.22 bits per heavy atom. The third kappa shape index (κ3) is 2.96. The van der Waals surface area contributed by atoms with Gasteiger partial charge in [-0.25, -0.2) is 0 Å². The van der Waals surface area contributed by atoms with Gasteiger partial charge in [0.1, 0.15) is 5.76 Å². The summed E-state index contributed by atoms with van der Waals surface area (Å²) in [5, 5.41) is 0. The topological polar surface area (TPSA) is 34.8 Å². The average Bonchev–Trinajstić information content (AvgIpc) is 3.01. The SMILES string of the molecule is Brc1ccc(CN2CCO[C@H]([C@@H]3CCCO3)C2)o1. The Labute approximate surface area is 115 Å². The predicted molar refractivity (Wildman–Crippen MR) is 70.4 cm³/mol. The van der Waals surface area contributed by atoms with Gasteiger partial charge >= 0.3 is 0 Å². The summed E-state index contributed by atoms with van der Waals surface area (Å²) >= 11 is 3.33. The van der Waals surface area contributed by atoms with Crippen LogP contribution in [0.3, 0.4) is 0 Å². The van der Waals surface area contributed by atoms with Crippen molar-refractivity contribution in [2.24, 2.45) is 0 Å². The number of halogens is 1. The fourth-order valence-electron chi connectivity index (χ4n) is 2.65. The Balaban J connectivity index is 1.56. The van der Waals surface area contributed by atoms with Crippen molar-refractivity contribution in [2.45, 2.75) is 31.6 Å². The molecule has 0 unspecified atom stereocenters. The summed E-state index contributed by atoms with van der Waals surface area (Å²) in [6.45, 7) is 4.41. The molecule has 0 saturated carbocycles. The monoisotopic (exact) mass is 315 g/mol. The zero-order chi connectivity index (χ0) is 12.4. The normalized spacial score (nSPS) is 29.8. The van der Waals surface area contributed by atoms with Crippen molar-refractivity contribution in [2.75, 3.05) is 26.3 Å². The lowest BCUT2D eigenvalue weighted by atomic mass is 10.1. The van der Waals surface area contributed by atoms with E-state index in [9.17, 15) is 0 Å². The van der Waals surface area contributed by atoms with Gasteiger partial charge in [0.2, 0.25) is 0 Å². The molecule has 2 aliphatic heterocycles. The summed E-state index contributed by atoms with van der Waals surface area (Å²) in [6, 6.07) is 3.95. The van der Waals surface area contributed by atoms with Gasteiger partial charge in [0.05, 0.1) is 25.4 Å². The van der Waals surface area contributed by atoms with E-state index in [1.807, 2.05) is 12.1 Å². The third-order valence-corrected chi connectivity index (χ3v) is 3.99. The number of ether oxygens (including phenoxy) is 2. The number of nitrogens with zero attached hydrogens (tertiary/aromatic N) is 1. The minimum absolute atomic E-state index is 0.222. The van der Waals surface area contributed by atoms with Crippen LogP contribution < -0.4 is 0 Å². The maximum atomic E-state index is 5.83. The number of rotatable bonds is 3. The van der Waals surface area contributed by atoms with Crippen molar-refractivity contribution in [1.29, 1.82) is 0 Å². The molecule has 0 spiro atoms. The molecule has 100 valence electrons. The molecule has 0 N–H and O–H groups in total. The molecule has 2 atom stereocenters. The van der Waals surface area contributed by atoms with Crippen LogP contribution in [-0.4, -0.2) is 43.4 Å². The summed E-state index contributed by atoms with van der Waals surface area (Å²) in [5.74, 6) is 0.995. The van der Waals surface area contributed by atoms with Crippen LogP contribution >= 0.6 is 15.9 Å². The van der Waals surface area contributed by atoms with Crippen LogP contribution in [0.15, 0.2) is 21.2 Å². The van der Waals surface area contributed by atoms with Crippen LogP contribution in [-0.2, 0) is 16.0 Å². The lowest BCUT2D eigenvalue weighted by molar-refractivity contribution is -0.0968. The van der Waals surface area contributed by atoms with E-state index >= 15 is 0 Å². The second kappa shape index (κ2) is 5.74. The molecule has 2 saturated heterocycles. The highest BCUT2D eigenvalue weighted by Crippen LogP contribution is 2.22. The predicted octanol–water partition coefficient (Wildman–Crippen LogP) is 2.42. The molecule has 0 radical (unpaired) electrons. The molecule has 3 rings (SSSR count). The van der Waals surface area contributed by atoms with Crippen molar-refractivity contribution in [3.63, 3.8) is 0 Å². The highest BCUT2D eigenvalue weighted by Gasteiger charge is 2.31. The standard InChI is InChI=1S/C13H18BrNO3/c14-13-4-3-10(18-13)8-15-5-7-17-12(9-15)11-2-1-6-16-11/h3-4,11-12H,1-2,5-9H2/t11-,12-/m0/s1. The van der Waals surface area contributed by atoms with Gasteiger partial charge in [0.15, 0.2) is 4.67 Å². The lowest BCUT2D eigenvalue weighted by Gasteiger charge is -2.34. The van der Waals surface area contributed by atoms with Gasteiger partial charge in [0, 0.05) is 19.7 Å². The van der Waals surface area contributed by atoms with Gasteiger partial charge < -0.3 is 13.9 Å². The Kier molecular flexibility index (Phi) is 4.03. The smallest absolute Gasteiger partial charge is 0.169 e. The van der Waals surface area contributed by atoms with E-state index < -0.39 is 0 Å². The van der Waals surface area contributed by atoms with Crippen LogP contribution in [0.1, 0.15) is 18.6 Å². The highest BCUT2D eigenvalue weighted by molar-refractivity contribution is 9.10. The van der Waals surface area contributed by atoms with E-state index in [-0.39, 0.29) is 12.2 Å². The minimum atomic E-state index is 0.222. The number of hydrogen-bond donors (Lipinski definition) is 0. The van der Waals surface area contributed by atoms with E-state index in [1.54, 1.807) is 0 Å². The van der Waals surface area contributed by atoms with Gasteiger partial charge in [-0.1, -0.05) is 0 Å². The highest BCUT2D eigenvalue weighted by atomic mass is 79.9. The van der Waals surface area contributed by atoms with Crippen molar-refractivity contribution in [3.8, 4) is 0 Å². The molecule has 0 amide bonds. The average molecular weight is 316 g/mol. The quantitative estimate of drug-likeness (QED) is 0.858. The first-order valence-electron chi connectivity index (χ1n) is 6.51. The van der Waals surface area contributed by atoms with E-state index in [2.05, 4.69) is 20.8 Å². The van der Waals surface area contributed by atoms with Crippen LogP contribution in [0.25, 0.3) is 0 Å². The van der Waals surface area contributed by atoms with Gasteiger partial charge in [-0.3, -0.25) is 4.90 Å².